The van der Waals surface area contributed by atoms with Gasteiger partial charge in [-0.3, -0.25) is 14.2 Å². The number of nitrogens with two attached hydrogens (primary N) is 2. The van der Waals surface area contributed by atoms with E-state index in [0.717, 1.165) is 38.5 Å². The molecule has 0 aliphatic heterocycles. The van der Waals surface area contributed by atoms with Crippen LogP contribution in [0.15, 0.2) is 0 Å². The topological polar surface area (TPSA) is 176 Å². The highest BCUT2D eigenvalue weighted by atomic mass is 31.2. The Morgan fingerprint density at radius 3 is 2.20 bits per heavy atom. The number of amides is 1. The molecule has 4 atom stereocenters. The van der Waals surface area contributed by atoms with E-state index in [2.05, 4.69) is 5.32 Å². The molecule has 0 aromatic heterocycles. The fourth-order valence-corrected chi connectivity index (χ4v) is 6.07. The van der Waals surface area contributed by atoms with E-state index in [4.69, 9.17) is 11.5 Å². The van der Waals surface area contributed by atoms with Gasteiger partial charge < -0.3 is 31.7 Å². The minimum absolute atomic E-state index is 0.188. The fourth-order valence-electron chi connectivity index (χ4n) is 4.51. The Kier molecular flexibility index (Phi) is 11.5. The van der Waals surface area contributed by atoms with Crippen LogP contribution < -0.4 is 16.8 Å². The van der Waals surface area contributed by atoms with Crippen LogP contribution in [0.2, 0.25) is 0 Å². The monoisotopic (exact) mass is 449 g/mol. The Hall–Kier alpha value is -0.990. The lowest BCUT2D eigenvalue weighted by Gasteiger charge is -2.37. The molecule has 0 aromatic carbocycles. The van der Waals surface area contributed by atoms with E-state index < -0.39 is 49.1 Å². The lowest BCUT2D eigenvalue weighted by atomic mass is 9.80. The van der Waals surface area contributed by atoms with Crippen molar-refractivity contribution in [1.29, 1.82) is 0 Å². The summed E-state index contributed by atoms with van der Waals surface area (Å²) in [6.07, 6.45) is 7.12. The smallest absolute Gasteiger partial charge is 0.331 e. The second-order valence-corrected chi connectivity index (χ2v) is 10.7. The molecule has 1 aliphatic carbocycles. The van der Waals surface area contributed by atoms with Crippen molar-refractivity contribution in [3.8, 4) is 0 Å². The van der Waals surface area contributed by atoms with Crippen molar-refractivity contribution in [3.05, 3.63) is 0 Å². The fraction of sp³-hybridized carbons (Fsp3) is 0.900. The molecule has 10 heteroatoms. The standard InChI is InChI=1S/C20H40N3O6P/c1-13(2)17(20(25)26)18(30(27,28)29)16(12-14-8-4-3-5-9-14)23-19(24)15(22)10-6-7-11-21/h13-18H,3-12,21-22H2,1-2H3,(H,23,24)(H,25,26)(H2,27,28,29)/t15-,16?,17?,18?/m0/s1. The zero-order valence-electron chi connectivity index (χ0n) is 18.2. The number of rotatable bonds is 13. The number of carbonyl (C=O) groups is 2. The molecule has 1 aliphatic rings. The number of carboxylic acid groups (broad SMARTS) is 1. The molecule has 8 N–H and O–H groups in total. The van der Waals surface area contributed by atoms with E-state index >= 15 is 0 Å². The molecule has 0 spiro atoms. The SMILES string of the molecule is CC(C)C(C(=O)O)C(C(CC1CCCCC1)NC(=O)[C@@H](N)CCCCN)P(=O)(O)O. The second kappa shape index (κ2) is 12.8. The third-order valence-electron chi connectivity index (χ3n) is 6.12. The van der Waals surface area contributed by atoms with Crippen molar-refractivity contribution < 1.29 is 29.0 Å². The minimum Gasteiger partial charge on any atom is -0.481 e. The highest BCUT2D eigenvalue weighted by molar-refractivity contribution is 7.52. The summed E-state index contributed by atoms with van der Waals surface area (Å²) in [7, 11) is -4.83. The third kappa shape index (κ3) is 8.63. The van der Waals surface area contributed by atoms with Crippen LogP contribution in [0.1, 0.15) is 71.6 Å². The third-order valence-corrected chi connectivity index (χ3v) is 7.58. The predicted octanol–water partition coefficient (Wildman–Crippen LogP) is 1.80. The summed E-state index contributed by atoms with van der Waals surface area (Å²) < 4.78 is 12.5. The van der Waals surface area contributed by atoms with Crippen molar-refractivity contribution >= 4 is 19.5 Å². The van der Waals surface area contributed by atoms with Crippen molar-refractivity contribution in [3.63, 3.8) is 0 Å². The van der Waals surface area contributed by atoms with Gasteiger partial charge in [0.05, 0.1) is 17.6 Å². The first-order chi connectivity index (χ1) is 14.0. The van der Waals surface area contributed by atoms with Crippen LogP contribution in [0.3, 0.4) is 0 Å². The first kappa shape index (κ1) is 27.0. The molecule has 9 nitrogen and oxygen atoms in total. The first-order valence-corrected chi connectivity index (χ1v) is 12.7. The number of aliphatic carboxylic acids is 1. The molecular formula is C20H40N3O6P. The molecule has 1 saturated carbocycles. The molecule has 3 unspecified atom stereocenters. The summed E-state index contributed by atoms with van der Waals surface area (Å²) in [5.41, 5.74) is 9.95. The van der Waals surface area contributed by atoms with Gasteiger partial charge in [-0.15, -0.1) is 0 Å². The summed E-state index contributed by atoms with van der Waals surface area (Å²) in [6.45, 7) is 3.74. The van der Waals surface area contributed by atoms with Crippen LogP contribution in [0.4, 0.5) is 0 Å². The van der Waals surface area contributed by atoms with Crippen LogP contribution in [0, 0.1) is 17.8 Å². The van der Waals surface area contributed by atoms with E-state index in [1.54, 1.807) is 13.8 Å². The Balaban J connectivity index is 3.15. The normalized spacial score (nSPS) is 19.8. The first-order valence-electron chi connectivity index (χ1n) is 11.0. The Bertz CT molecular complexity index is 591. The van der Waals surface area contributed by atoms with E-state index in [0.29, 0.717) is 25.8 Å². The molecule has 1 fully saturated rings. The Morgan fingerprint density at radius 1 is 1.13 bits per heavy atom. The Labute approximate surface area is 179 Å². The second-order valence-electron chi connectivity index (χ2n) is 8.93. The summed E-state index contributed by atoms with van der Waals surface area (Å²) in [6, 6.07) is -1.78. The zero-order valence-corrected chi connectivity index (χ0v) is 19.1. The largest absolute Gasteiger partial charge is 0.481 e. The van der Waals surface area contributed by atoms with Crippen molar-refractivity contribution in [2.75, 3.05) is 6.54 Å². The van der Waals surface area contributed by atoms with Crippen LogP contribution >= 0.6 is 7.60 Å². The number of unbranched alkanes of at least 4 members (excludes halogenated alkanes) is 1. The maximum absolute atomic E-state index is 12.7. The highest BCUT2D eigenvalue weighted by Gasteiger charge is 2.48. The molecule has 176 valence electrons. The molecule has 0 heterocycles. The molecule has 0 bridgehead atoms. The summed E-state index contributed by atoms with van der Waals surface area (Å²) >= 11 is 0. The van der Waals surface area contributed by atoms with Gasteiger partial charge in [-0.2, -0.15) is 0 Å². The predicted molar refractivity (Wildman–Crippen MR) is 116 cm³/mol. The summed E-state index contributed by atoms with van der Waals surface area (Å²) in [5, 5.41) is 12.5. The van der Waals surface area contributed by atoms with Crippen molar-refractivity contribution in [2.24, 2.45) is 29.2 Å². The average molecular weight is 450 g/mol. The van der Waals surface area contributed by atoms with E-state index in [1.807, 2.05) is 0 Å². The van der Waals surface area contributed by atoms with E-state index in [9.17, 15) is 29.0 Å². The average Bonchev–Trinajstić information content (AvgIpc) is 2.64. The number of nitrogens with one attached hydrogen (secondary N) is 1. The minimum atomic E-state index is -4.83. The highest BCUT2D eigenvalue weighted by Crippen LogP contribution is 2.50. The number of carbonyl (C=O) groups excluding carboxylic acids is 1. The van der Waals surface area contributed by atoms with Crippen LogP contribution in [-0.2, 0) is 14.2 Å². The van der Waals surface area contributed by atoms with Gasteiger partial charge >= 0.3 is 13.6 Å². The summed E-state index contributed by atoms with van der Waals surface area (Å²) in [4.78, 5) is 44.9. The van der Waals surface area contributed by atoms with Gasteiger partial charge in [0.25, 0.3) is 0 Å². The van der Waals surface area contributed by atoms with Crippen LogP contribution in [-0.4, -0.2) is 51.1 Å². The quantitative estimate of drug-likeness (QED) is 0.182. The number of carboxylic acids is 1. The molecular weight excluding hydrogens is 409 g/mol. The van der Waals surface area contributed by atoms with Gasteiger partial charge in [0, 0.05) is 6.04 Å². The van der Waals surface area contributed by atoms with Gasteiger partial charge in [0.2, 0.25) is 5.91 Å². The van der Waals surface area contributed by atoms with Gasteiger partial charge in [0.1, 0.15) is 0 Å². The van der Waals surface area contributed by atoms with Crippen molar-refractivity contribution in [2.45, 2.75) is 89.4 Å². The van der Waals surface area contributed by atoms with Gasteiger partial charge in [-0.05, 0) is 37.6 Å². The molecule has 0 aromatic rings. The van der Waals surface area contributed by atoms with Gasteiger partial charge in [-0.25, -0.2) is 0 Å². The molecule has 0 saturated heterocycles. The van der Waals surface area contributed by atoms with Crippen molar-refractivity contribution in [1.82, 2.24) is 5.32 Å². The molecule has 0 radical (unpaired) electrons. The van der Waals surface area contributed by atoms with E-state index in [1.165, 1.54) is 0 Å². The maximum Gasteiger partial charge on any atom is 0.331 e. The zero-order chi connectivity index (χ0) is 22.9. The molecule has 30 heavy (non-hydrogen) atoms. The lowest BCUT2D eigenvalue weighted by molar-refractivity contribution is -0.144. The van der Waals surface area contributed by atoms with E-state index in [-0.39, 0.29) is 5.92 Å². The molecule has 1 amide bonds. The Morgan fingerprint density at radius 2 is 1.73 bits per heavy atom. The maximum atomic E-state index is 12.7. The van der Waals surface area contributed by atoms with Gasteiger partial charge in [-0.1, -0.05) is 52.4 Å². The number of hydrogen-bond donors (Lipinski definition) is 6. The van der Waals surface area contributed by atoms with Crippen LogP contribution in [0.25, 0.3) is 0 Å². The lowest BCUT2D eigenvalue weighted by Crippen LogP contribution is -2.54. The van der Waals surface area contributed by atoms with Gasteiger partial charge in [0.15, 0.2) is 0 Å². The summed E-state index contributed by atoms with van der Waals surface area (Å²) in [5.74, 6) is -3.38. The van der Waals surface area contributed by atoms with Crippen LogP contribution in [0.5, 0.6) is 0 Å². The molecule has 1 rings (SSSR count). The number of hydrogen-bond acceptors (Lipinski definition) is 5.